The third kappa shape index (κ3) is 2.15. The van der Waals surface area contributed by atoms with Crippen LogP contribution < -0.4 is 4.90 Å². The number of benzene rings is 1. The molecular weight excluding hydrogens is 300 g/mol. The SMILES string of the molecule is C=CC1CC(=O)N(c2c(Br)cccc2[N+](=O)[O-])C1. The van der Waals surface area contributed by atoms with Crippen LogP contribution in [-0.4, -0.2) is 17.4 Å². The minimum absolute atomic E-state index is 0.0456. The van der Waals surface area contributed by atoms with Crippen molar-refractivity contribution in [3.05, 3.63) is 45.4 Å². The maximum absolute atomic E-state index is 11.9. The molecule has 1 unspecified atom stereocenters. The summed E-state index contributed by atoms with van der Waals surface area (Å²) < 4.78 is 0.551. The number of carbonyl (C=O) groups is 1. The first kappa shape index (κ1) is 12.8. The van der Waals surface area contributed by atoms with E-state index in [1.54, 1.807) is 18.2 Å². The summed E-state index contributed by atoms with van der Waals surface area (Å²) in [5.74, 6) is -0.0703. The quantitative estimate of drug-likeness (QED) is 0.490. The number of hydrogen-bond acceptors (Lipinski definition) is 3. The predicted molar refractivity (Wildman–Crippen MR) is 71.5 cm³/mol. The van der Waals surface area contributed by atoms with Crippen molar-refractivity contribution in [1.29, 1.82) is 0 Å². The van der Waals surface area contributed by atoms with Crippen LogP contribution in [0.3, 0.4) is 0 Å². The molecule has 1 aromatic rings. The summed E-state index contributed by atoms with van der Waals surface area (Å²) in [4.78, 5) is 23.9. The summed E-state index contributed by atoms with van der Waals surface area (Å²) in [5, 5.41) is 11.0. The molecule has 0 radical (unpaired) electrons. The van der Waals surface area contributed by atoms with Crippen LogP contribution in [0.15, 0.2) is 35.3 Å². The maximum atomic E-state index is 11.9. The van der Waals surface area contributed by atoms with Gasteiger partial charge in [-0.05, 0) is 22.0 Å². The van der Waals surface area contributed by atoms with Crippen molar-refractivity contribution < 1.29 is 9.72 Å². The zero-order chi connectivity index (χ0) is 13.3. The second-order valence-electron chi connectivity index (χ2n) is 4.07. The highest BCUT2D eigenvalue weighted by molar-refractivity contribution is 9.10. The van der Waals surface area contributed by atoms with Gasteiger partial charge in [0.05, 0.1) is 4.92 Å². The summed E-state index contributed by atoms with van der Waals surface area (Å²) in [5.41, 5.74) is 0.263. The van der Waals surface area contributed by atoms with Gasteiger partial charge in [-0.25, -0.2) is 0 Å². The van der Waals surface area contributed by atoms with Crippen LogP contribution in [0.1, 0.15) is 6.42 Å². The zero-order valence-corrected chi connectivity index (χ0v) is 11.1. The van der Waals surface area contributed by atoms with Crippen LogP contribution in [0.4, 0.5) is 11.4 Å². The second kappa shape index (κ2) is 4.89. The Kier molecular flexibility index (Phi) is 3.47. The Morgan fingerprint density at radius 3 is 2.83 bits per heavy atom. The molecule has 1 aliphatic heterocycles. The zero-order valence-electron chi connectivity index (χ0n) is 9.51. The smallest absolute Gasteiger partial charge is 0.294 e. The van der Waals surface area contributed by atoms with Gasteiger partial charge in [0.2, 0.25) is 5.91 Å². The summed E-state index contributed by atoms with van der Waals surface area (Å²) >= 11 is 3.27. The number of nitro benzene ring substituents is 1. The molecule has 1 aromatic carbocycles. The fourth-order valence-electron chi connectivity index (χ4n) is 2.03. The summed E-state index contributed by atoms with van der Waals surface area (Å²) in [7, 11) is 0. The number of amides is 1. The maximum Gasteiger partial charge on any atom is 0.294 e. The number of rotatable bonds is 3. The molecule has 0 aromatic heterocycles. The Labute approximate surface area is 112 Å². The van der Waals surface area contributed by atoms with Gasteiger partial charge in [-0.1, -0.05) is 12.1 Å². The molecule has 6 heteroatoms. The molecule has 94 valence electrons. The number of carbonyl (C=O) groups excluding carboxylic acids is 1. The van der Waals surface area contributed by atoms with E-state index in [1.807, 2.05) is 0 Å². The van der Waals surface area contributed by atoms with E-state index in [4.69, 9.17) is 0 Å². The van der Waals surface area contributed by atoms with E-state index in [0.29, 0.717) is 23.1 Å². The van der Waals surface area contributed by atoms with E-state index in [2.05, 4.69) is 22.5 Å². The highest BCUT2D eigenvalue weighted by atomic mass is 79.9. The summed E-state index contributed by atoms with van der Waals surface area (Å²) in [6.45, 7) is 4.10. The third-order valence-electron chi connectivity index (χ3n) is 2.92. The van der Waals surface area contributed by atoms with Crippen LogP contribution >= 0.6 is 15.9 Å². The minimum atomic E-state index is -0.478. The van der Waals surface area contributed by atoms with Gasteiger partial charge in [0.25, 0.3) is 5.69 Å². The first-order chi connectivity index (χ1) is 8.54. The normalized spacial score (nSPS) is 19.1. The van der Waals surface area contributed by atoms with E-state index >= 15 is 0 Å². The number of para-hydroxylation sites is 1. The predicted octanol–water partition coefficient (Wildman–Crippen LogP) is 2.90. The van der Waals surface area contributed by atoms with E-state index in [0.717, 1.165) is 0 Å². The lowest BCUT2D eigenvalue weighted by atomic mass is 10.1. The van der Waals surface area contributed by atoms with Gasteiger partial charge in [0.15, 0.2) is 0 Å². The molecule has 0 saturated carbocycles. The molecule has 5 nitrogen and oxygen atoms in total. The van der Waals surface area contributed by atoms with Gasteiger partial charge < -0.3 is 4.90 Å². The monoisotopic (exact) mass is 310 g/mol. The van der Waals surface area contributed by atoms with Crippen molar-refractivity contribution in [2.24, 2.45) is 5.92 Å². The third-order valence-corrected chi connectivity index (χ3v) is 3.56. The van der Waals surface area contributed by atoms with Crippen molar-refractivity contribution in [1.82, 2.24) is 0 Å². The molecule has 1 amide bonds. The lowest BCUT2D eigenvalue weighted by Gasteiger charge is -2.17. The van der Waals surface area contributed by atoms with Gasteiger partial charge in [0, 0.05) is 29.4 Å². The van der Waals surface area contributed by atoms with Crippen molar-refractivity contribution >= 4 is 33.2 Å². The average molecular weight is 311 g/mol. The molecule has 0 spiro atoms. The number of hydrogen-bond donors (Lipinski definition) is 0. The fourth-order valence-corrected chi connectivity index (χ4v) is 2.60. The van der Waals surface area contributed by atoms with Gasteiger partial charge in [0.1, 0.15) is 5.69 Å². The van der Waals surface area contributed by atoms with Crippen LogP contribution in [0.5, 0.6) is 0 Å². The van der Waals surface area contributed by atoms with Gasteiger partial charge in [-0.15, -0.1) is 6.58 Å². The summed E-state index contributed by atoms with van der Waals surface area (Å²) in [6, 6.07) is 4.67. The fraction of sp³-hybridized carbons (Fsp3) is 0.250. The number of nitrogens with zero attached hydrogens (tertiary/aromatic N) is 2. The Morgan fingerprint density at radius 2 is 2.28 bits per heavy atom. The lowest BCUT2D eigenvalue weighted by molar-refractivity contribution is -0.384. The van der Waals surface area contributed by atoms with E-state index in [9.17, 15) is 14.9 Å². The van der Waals surface area contributed by atoms with E-state index < -0.39 is 4.92 Å². The molecule has 1 atom stereocenters. The second-order valence-corrected chi connectivity index (χ2v) is 4.92. The first-order valence-electron chi connectivity index (χ1n) is 5.40. The molecule has 1 fully saturated rings. The average Bonchev–Trinajstić information content (AvgIpc) is 2.70. The molecular formula is C12H11BrN2O3. The van der Waals surface area contributed by atoms with Crippen LogP contribution in [0.2, 0.25) is 0 Å². The molecule has 0 bridgehead atoms. The van der Waals surface area contributed by atoms with Crippen molar-refractivity contribution in [3.8, 4) is 0 Å². The molecule has 1 heterocycles. The van der Waals surface area contributed by atoms with Crippen LogP contribution in [-0.2, 0) is 4.79 Å². The number of nitro groups is 1. The minimum Gasteiger partial charge on any atom is -0.305 e. The topological polar surface area (TPSA) is 63.5 Å². The van der Waals surface area contributed by atoms with Gasteiger partial charge in [-0.3, -0.25) is 14.9 Å². The molecule has 0 N–H and O–H groups in total. The largest absolute Gasteiger partial charge is 0.305 e. The first-order valence-corrected chi connectivity index (χ1v) is 6.19. The number of halogens is 1. The Bertz CT molecular complexity index is 530. The Morgan fingerprint density at radius 1 is 1.56 bits per heavy atom. The Hall–Kier alpha value is -1.69. The molecule has 18 heavy (non-hydrogen) atoms. The molecule has 1 aliphatic rings. The van der Waals surface area contributed by atoms with Crippen molar-refractivity contribution in [3.63, 3.8) is 0 Å². The van der Waals surface area contributed by atoms with Crippen molar-refractivity contribution in [2.45, 2.75) is 6.42 Å². The van der Waals surface area contributed by atoms with Gasteiger partial charge >= 0.3 is 0 Å². The van der Waals surface area contributed by atoms with Crippen LogP contribution in [0, 0.1) is 16.0 Å². The van der Waals surface area contributed by atoms with E-state index in [-0.39, 0.29) is 17.5 Å². The molecule has 2 rings (SSSR count). The highest BCUT2D eigenvalue weighted by Gasteiger charge is 2.34. The Balaban J connectivity index is 2.48. The number of anilines is 1. The molecule has 0 aliphatic carbocycles. The lowest BCUT2D eigenvalue weighted by Crippen LogP contribution is -2.25. The van der Waals surface area contributed by atoms with E-state index in [1.165, 1.54) is 11.0 Å². The van der Waals surface area contributed by atoms with Gasteiger partial charge in [-0.2, -0.15) is 0 Å². The standard InChI is InChI=1S/C12H11BrN2O3/c1-2-8-6-11(16)14(7-8)12-9(13)4-3-5-10(12)15(17)18/h2-5,8H,1,6-7H2. The summed E-state index contributed by atoms with van der Waals surface area (Å²) in [6.07, 6.45) is 2.06. The van der Waals surface area contributed by atoms with Crippen LogP contribution in [0.25, 0.3) is 0 Å². The van der Waals surface area contributed by atoms with Crippen molar-refractivity contribution in [2.75, 3.05) is 11.4 Å². The highest BCUT2D eigenvalue weighted by Crippen LogP contribution is 2.38. The molecule has 1 saturated heterocycles.